The molecule has 1 atom stereocenters. The van der Waals surface area contributed by atoms with Crippen molar-refractivity contribution in [3.05, 3.63) is 65.2 Å². The summed E-state index contributed by atoms with van der Waals surface area (Å²) in [6, 6.07) is 13.4. The summed E-state index contributed by atoms with van der Waals surface area (Å²) in [5, 5.41) is 11.2. The molecular weight excluding hydrogens is 448 g/mol. The van der Waals surface area contributed by atoms with E-state index in [1.807, 2.05) is 19.1 Å². The Morgan fingerprint density at radius 3 is 2.29 bits per heavy atom. The van der Waals surface area contributed by atoms with E-state index in [-0.39, 0.29) is 11.3 Å². The maximum Gasteiger partial charge on any atom is 0.295 e. The first-order valence-electron chi connectivity index (χ1n) is 12.0. The molecule has 2 aromatic carbocycles. The van der Waals surface area contributed by atoms with Gasteiger partial charge >= 0.3 is 0 Å². The number of hydrogen-bond acceptors (Lipinski definition) is 7. The van der Waals surface area contributed by atoms with Crippen LogP contribution in [0.4, 0.5) is 0 Å². The average molecular weight is 481 g/mol. The molecule has 8 heteroatoms. The van der Waals surface area contributed by atoms with Gasteiger partial charge < -0.3 is 24.2 Å². The number of likely N-dealkylation sites (tertiary alicyclic amines) is 1. The van der Waals surface area contributed by atoms with E-state index in [0.29, 0.717) is 50.0 Å². The minimum absolute atomic E-state index is 0.0874. The van der Waals surface area contributed by atoms with Crippen LogP contribution in [0.2, 0.25) is 0 Å². The molecule has 0 bridgehead atoms. The lowest BCUT2D eigenvalue weighted by Gasteiger charge is -2.31. The summed E-state index contributed by atoms with van der Waals surface area (Å²) < 4.78 is 16.3. The zero-order chi connectivity index (χ0) is 24.8. The van der Waals surface area contributed by atoms with Crippen LogP contribution in [-0.4, -0.2) is 79.7 Å². The largest absolute Gasteiger partial charge is 0.507 e. The molecule has 0 unspecified atom stereocenters. The highest BCUT2D eigenvalue weighted by Gasteiger charge is 2.46. The summed E-state index contributed by atoms with van der Waals surface area (Å²) in [6.07, 6.45) is 0.886. The summed E-state index contributed by atoms with van der Waals surface area (Å²) >= 11 is 0. The van der Waals surface area contributed by atoms with Gasteiger partial charge in [-0.3, -0.25) is 14.5 Å². The lowest BCUT2D eigenvalue weighted by molar-refractivity contribution is -0.140. The number of carbonyl (C=O) groups is 2. The van der Waals surface area contributed by atoms with Crippen molar-refractivity contribution < 1.29 is 28.9 Å². The second kappa shape index (κ2) is 11.4. The third-order valence-electron chi connectivity index (χ3n) is 6.33. The molecule has 2 aliphatic heterocycles. The number of ether oxygens (including phenoxy) is 3. The van der Waals surface area contributed by atoms with Crippen molar-refractivity contribution in [3.8, 4) is 11.5 Å². The van der Waals surface area contributed by atoms with Crippen molar-refractivity contribution in [1.29, 1.82) is 0 Å². The van der Waals surface area contributed by atoms with Crippen LogP contribution in [0.15, 0.2) is 54.1 Å². The maximum atomic E-state index is 13.2. The molecular formula is C27H32N2O6. The van der Waals surface area contributed by atoms with Crippen molar-refractivity contribution >= 4 is 17.4 Å². The number of amides is 1. The van der Waals surface area contributed by atoms with Crippen LogP contribution in [0.25, 0.3) is 5.76 Å². The fourth-order valence-electron chi connectivity index (χ4n) is 4.40. The number of nitrogens with zero attached hydrogens (tertiary/aromatic N) is 2. The molecule has 8 nitrogen and oxygen atoms in total. The smallest absolute Gasteiger partial charge is 0.295 e. The van der Waals surface area contributed by atoms with Gasteiger partial charge in [-0.2, -0.15) is 0 Å². The molecule has 2 aliphatic rings. The SMILES string of the molecule is CCCOc1ccc(C(O)=C2C(=O)C(=O)N(CCN3CCOCC3)[C@H]2c2ccc(OC)cc2)cc1. The molecule has 35 heavy (non-hydrogen) atoms. The zero-order valence-electron chi connectivity index (χ0n) is 20.2. The minimum Gasteiger partial charge on any atom is -0.507 e. The molecule has 2 saturated heterocycles. The van der Waals surface area contributed by atoms with Gasteiger partial charge in [0, 0.05) is 31.7 Å². The number of methoxy groups -OCH3 is 1. The highest BCUT2D eigenvalue weighted by molar-refractivity contribution is 6.46. The van der Waals surface area contributed by atoms with Crippen LogP contribution < -0.4 is 9.47 Å². The Morgan fingerprint density at radius 1 is 1.00 bits per heavy atom. The number of benzene rings is 2. The number of morpholine rings is 1. The summed E-state index contributed by atoms with van der Waals surface area (Å²) in [7, 11) is 1.58. The van der Waals surface area contributed by atoms with Crippen LogP contribution in [0.5, 0.6) is 11.5 Å². The van der Waals surface area contributed by atoms with Crippen LogP contribution in [0, 0.1) is 0 Å². The summed E-state index contributed by atoms with van der Waals surface area (Å²) in [5.41, 5.74) is 1.28. The van der Waals surface area contributed by atoms with E-state index >= 15 is 0 Å². The van der Waals surface area contributed by atoms with Crippen molar-refractivity contribution in [2.45, 2.75) is 19.4 Å². The van der Waals surface area contributed by atoms with E-state index in [4.69, 9.17) is 14.2 Å². The number of hydrogen-bond donors (Lipinski definition) is 1. The lowest BCUT2D eigenvalue weighted by Crippen LogP contribution is -2.42. The van der Waals surface area contributed by atoms with Crippen LogP contribution in [0.3, 0.4) is 0 Å². The molecule has 1 amide bonds. The molecule has 1 N–H and O–H groups in total. The Balaban J connectivity index is 1.68. The van der Waals surface area contributed by atoms with Crippen LogP contribution >= 0.6 is 0 Å². The highest BCUT2D eigenvalue weighted by atomic mass is 16.5. The van der Waals surface area contributed by atoms with E-state index in [1.165, 1.54) is 0 Å². The number of Topliss-reactive ketones (excluding diaryl/α,β-unsaturated/α-hetero) is 1. The topological polar surface area (TPSA) is 88.5 Å². The van der Waals surface area contributed by atoms with Gasteiger partial charge in [0.1, 0.15) is 17.3 Å². The Kier molecular flexibility index (Phi) is 8.05. The number of aliphatic hydroxyl groups excluding tert-OH is 1. The standard InChI is InChI=1S/C27H32N2O6/c1-3-16-35-22-10-6-20(7-11-22)25(30)23-24(19-4-8-21(33-2)9-5-19)29(27(32)26(23)31)13-12-28-14-17-34-18-15-28/h4-11,24,30H,3,12-18H2,1-2H3/t24-/m0/s1. The van der Waals surface area contributed by atoms with Gasteiger partial charge in [-0.15, -0.1) is 0 Å². The van der Waals surface area contributed by atoms with Crippen molar-refractivity contribution in [3.63, 3.8) is 0 Å². The third kappa shape index (κ3) is 5.49. The summed E-state index contributed by atoms with van der Waals surface area (Å²) in [6.45, 7) is 6.47. The number of ketones is 1. The average Bonchev–Trinajstić information content (AvgIpc) is 3.16. The Labute approximate surface area is 205 Å². The van der Waals surface area contributed by atoms with Gasteiger partial charge in [0.25, 0.3) is 11.7 Å². The first kappa shape index (κ1) is 24.8. The number of aliphatic hydroxyl groups is 1. The predicted octanol–water partition coefficient (Wildman–Crippen LogP) is 3.24. The third-order valence-corrected chi connectivity index (χ3v) is 6.33. The monoisotopic (exact) mass is 480 g/mol. The van der Waals surface area contributed by atoms with E-state index < -0.39 is 17.7 Å². The molecule has 0 radical (unpaired) electrons. The number of rotatable bonds is 9. The fourth-order valence-corrected chi connectivity index (χ4v) is 4.40. The molecule has 0 saturated carbocycles. The van der Waals surface area contributed by atoms with Crippen molar-refractivity contribution in [1.82, 2.24) is 9.80 Å². The molecule has 2 aromatic rings. The molecule has 0 aromatic heterocycles. The van der Waals surface area contributed by atoms with Gasteiger partial charge in [-0.05, 0) is 48.4 Å². The van der Waals surface area contributed by atoms with Gasteiger partial charge in [-0.25, -0.2) is 0 Å². The quantitative estimate of drug-likeness (QED) is 0.335. The van der Waals surface area contributed by atoms with E-state index in [0.717, 1.165) is 25.1 Å². The Hall–Kier alpha value is -3.36. The van der Waals surface area contributed by atoms with Crippen molar-refractivity contribution in [2.75, 3.05) is 53.1 Å². The first-order chi connectivity index (χ1) is 17.0. The second-order valence-electron chi connectivity index (χ2n) is 8.59. The van der Waals surface area contributed by atoms with Crippen LogP contribution in [0.1, 0.15) is 30.5 Å². The Morgan fingerprint density at radius 2 is 1.66 bits per heavy atom. The van der Waals surface area contributed by atoms with Gasteiger partial charge in [-0.1, -0.05) is 19.1 Å². The predicted molar refractivity (Wildman–Crippen MR) is 131 cm³/mol. The molecule has 4 rings (SSSR count). The Bertz CT molecular complexity index is 1060. The van der Waals surface area contributed by atoms with E-state index in [2.05, 4.69) is 4.90 Å². The van der Waals surface area contributed by atoms with Gasteiger partial charge in [0.15, 0.2) is 0 Å². The highest BCUT2D eigenvalue weighted by Crippen LogP contribution is 2.39. The van der Waals surface area contributed by atoms with E-state index in [1.54, 1.807) is 48.4 Å². The molecule has 0 spiro atoms. The fraction of sp³-hybridized carbons (Fsp3) is 0.407. The molecule has 2 heterocycles. The van der Waals surface area contributed by atoms with Gasteiger partial charge in [0.05, 0.1) is 38.5 Å². The normalized spacial score (nSPS) is 20.3. The molecule has 186 valence electrons. The molecule has 2 fully saturated rings. The lowest BCUT2D eigenvalue weighted by atomic mass is 9.95. The number of carbonyl (C=O) groups excluding carboxylic acids is 2. The maximum absolute atomic E-state index is 13.2. The summed E-state index contributed by atoms with van der Waals surface area (Å²) in [5.74, 6) is -0.136. The van der Waals surface area contributed by atoms with Gasteiger partial charge in [0.2, 0.25) is 0 Å². The second-order valence-corrected chi connectivity index (χ2v) is 8.59. The minimum atomic E-state index is -0.696. The molecule has 0 aliphatic carbocycles. The van der Waals surface area contributed by atoms with Crippen LogP contribution in [-0.2, 0) is 14.3 Å². The first-order valence-corrected chi connectivity index (χ1v) is 12.0. The van der Waals surface area contributed by atoms with E-state index in [9.17, 15) is 14.7 Å². The summed E-state index contributed by atoms with van der Waals surface area (Å²) in [4.78, 5) is 30.1. The zero-order valence-corrected chi connectivity index (χ0v) is 20.2. The van der Waals surface area contributed by atoms with Crippen molar-refractivity contribution in [2.24, 2.45) is 0 Å².